The zero-order valence-corrected chi connectivity index (χ0v) is 11.9. The Morgan fingerprint density at radius 1 is 1.05 bits per heavy atom. The van der Waals surface area contributed by atoms with Gasteiger partial charge < -0.3 is 10.1 Å². The largest absolute Gasteiger partial charge is 0.380 e. The molecule has 2 nitrogen and oxygen atoms in total. The molecule has 104 valence electrons. The van der Waals surface area contributed by atoms with E-state index >= 15 is 0 Å². The van der Waals surface area contributed by atoms with Gasteiger partial charge in [0.25, 0.3) is 0 Å². The van der Waals surface area contributed by atoms with Crippen molar-refractivity contribution in [1.82, 2.24) is 5.32 Å². The van der Waals surface area contributed by atoms with Gasteiger partial charge in [-0.25, -0.2) is 0 Å². The molecule has 19 heavy (non-hydrogen) atoms. The van der Waals surface area contributed by atoms with E-state index in [1.165, 1.54) is 43.4 Å². The van der Waals surface area contributed by atoms with Crippen molar-refractivity contribution in [1.29, 1.82) is 0 Å². The van der Waals surface area contributed by atoms with E-state index in [1.54, 1.807) is 7.11 Å². The molecule has 1 aromatic rings. The minimum Gasteiger partial charge on any atom is -0.380 e. The first-order valence-corrected chi connectivity index (χ1v) is 7.64. The van der Waals surface area contributed by atoms with Gasteiger partial charge in [0.15, 0.2) is 0 Å². The minimum atomic E-state index is 0.707. The van der Waals surface area contributed by atoms with E-state index in [-0.39, 0.29) is 0 Å². The van der Waals surface area contributed by atoms with E-state index in [1.807, 2.05) is 0 Å². The number of hydrogen-bond acceptors (Lipinski definition) is 2. The van der Waals surface area contributed by atoms with E-state index in [0.717, 1.165) is 24.3 Å². The van der Waals surface area contributed by atoms with Crippen molar-refractivity contribution in [2.24, 2.45) is 17.8 Å². The van der Waals surface area contributed by atoms with E-state index in [4.69, 9.17) is 4.74 Å². The molecule has 2 aliphatic rings. The topological polar surface area (TPSA) is 21.3 Å². The van der Waals surface area contributed by atoms with E-state index in [9.17, 15) is 0 Å². The average Bonchev–Trinajstić information content (AvgIpc) is 3.29. The third-order valence-corrected chi connectivity index (χ3v) is 4.50. The zero-order chi connectivity index (χ0) is 13.1. The first-order chi connectivity index (χ1) is 9.36. The molecule has 0 radical (unpaired) electrons. The van der Waals surface area contributed by atoms with E-state index in [2.05, 4.69) is 29.6 Å². The SMILES string of the molecule is COCc1ccc(CNCC(C2CC2)C2CC2)cc1. The molecule has 0 unspecified atom stereocenters. The van der Waals surface area contributed by atoms with Gasteiger partial charge in [-0.1, -0.05) is 24.3 Å². The fourth-order valence-electron chi connectivity index (χ4n) is 3.07. The highest BCUT2D eigenvalue weighted by molar-refractivity contribution is 5.21. The Balaban J connectivity index is 1.43. The Morgan fingerprint density at radius 2 is 1.63 bits per heavy atom. The number of ether oxygens (including phenoxy) is 1. The molecule has 2 aliphatic carbocycles. The first kappa shape index (κ1) is 13.1. The van der Waals surface area contributed by atoms with Crippen molar-refractivity contribution in [2.75, 3.05) is 13.7 Å². The van der Waals surface area contributed by atoms with Crippen LogP contribution in [0.2, 0.25) is 0 Å². The standard InChI is InChI=1S/C17H25NO/c1-19-12-14-4-2-13(3-5-14)10-18-11-17(15-6-7-15)16-8-9-16/h2-5,15-18H,6-12H2,1H3. The van der Waals surface area contributed by atoms with Gasteiger partial charge in [0.1, 0.15) is 0 Å². The second-order valence-electron chi connectivity index (χ2n) is 6.22. The van der Waals surface area contributed by atoms with Crippen molar-refractivity contribution >= 4 is 0 Å². The van der Waals surface area contributed by atoms with Crippen LogP contribution in [0.25, 0.3) is 0 Å². The molecule has 0 spiro atoms. The maximum absolute atomic E-state index is 5.13. The van der Waals surface area contributed by atoms with Gasteiger partial charge in [-0.05, 0) is 61.1 Å². The summed E-state index contributed by atoms with van der Waals surface area (Å²) >= 11 is 0. The smallest absolute Gasteiger partial charge is 0.0713 e. The third kappa shape index (κ3) is 3.80. The van der Waals surface area contributed by atoms with Crippen LogP contribution in [-0.4, -0.2) is 13.7 Å². The Bertz CT molecular complexity index is 380. The van der Waals surface area contributed by atoms with Crippen LogP contribution < -0.4 is 5.32 Å². The lowest BCUT2D eigenvalue weighted by Gasteiger charge is -2.16. The molecule has 2 saturated carbocycles. The average molecular weight is 259 g/mol. The molecule has 2 heteroatoms. The van der Waals surface area contributed by atoms with Crippen LogP contribution in [0.15, 0.2) is 24.3 Å². The highest BCUT2D eigenvalue weighted by Gasteiger charge is 2.40. The van der Waals surface area contributed by atoms with Crippen LogP contribution in [-0.2, 0) is 17.9 Å². The lowest BCUT2D eigenvalue weighted by molar-refractivity contribution is 0.185. The molecule has 3 rings (SSSR count). The Kier molecular flexibility index (Phi) is 4.19. The Labute approximate surface area is 116 Å². The number of benzene rings is 1. The third-order valence-electron chi connectivity index (χ3n) is 4.50. The summed E-state index contributed by atoms with van der Waals surface area (Å²) < 4.78 is 5.13. The van der Waals surface area contributed by atoms with Gasteiger partial charge in [0.2, 0.25) is 0 Å². The van der Waals surface area contributed by atoms with Crippen molar-refractivity contribution in [3.05, 3.63) is 35.4 Å². The van der Waals surface area contributed by atoms with Gasteiger partial charge >= 0.3 is 0 Å². The first-order valence-electron chi connectivity index (χ1n) is 7.64. The molecule has 1 aromatic carbocycles. The lowest BCUT2D eigenvalue weighted by atomic mass is 9.98. The van der Waals surface area contributed by atoms with Crippen LogP contribution in [0.1, 0.15) is 36.8 Å². The predicted molar refractivity (Wildman–Crippen MR) is 77.8 cm³/mol. The zero-order valence-electron chi connectivity index (χ0n) is 11.9. The molecular formula is C17H25NO. The van der Waals surface area contributed by atoms with Crippen LogP contribution >= 0.6 is 0 Å². The minimum absolute atomic E-state index is 0.707. The summed E-state index contributed by atoms with van der Waals surface area (Å²) in [7, 11) is 1.74. The second kappa shape index (κ2) is 6.06. The monoisotopic (exact) mass is 259 g/mol. The van der Waals surface area contributed by atoms with Gasteiger partial charge in [-0.3, -0.25) is 0 Å². The quantitative estimate of drug-likeness (QED) is 0.773. The summed E-state index contributed by atoms with van der Waals surface area (Å²) in [4.78, 5) is 0. The molecule has 0 bridgehead atoms. The summed E-state index contributed by atoms with van der Waals surface area (Å²) in [5.41, 5.74) is 2.63. The van der Waals surface area contributed by atoms with Crippen LogP contribution in [0, 0.1) is 17.8 Å². The normalized spacial score (nSPS) is 19.1. The molecule has 0 saturated heterocycles. The second-order valence-corrected chi connectivity index (χ2v) is 6.22. The summed E-state index contributed by atoms with van der Waals surface area (Å²) in [6, 6.07) is 8.76. The molecule has 1 N–H and O–H groups in total. The van der Waals surface area contributed by atoms with Crippen molar-refractivity contribution < 1.29 is 4.74 Å². The van der Waals surface area contributed by atoms with Gasteiger partial charge in [-0.15, -0.1) is 0 Å². The van der Waals surface area contributed by atoms with E-state index < -0.39 is 0 Å². The molecule has 0 amide bonds. The molecular weight excluding hydrogens is 234 g/mol. The van der Waals surface area contributed by atoms with Gasteiger partial charge in [-0.2, -0.15) is 0 Å². The molecule has 2 fully saturated rings. The predicted octanol–water partition coefficient (Wildman–Crippen LogP) is 3.36. The fourth-order valence-corrected chi connectivity index (χ4v) is 3.07. The van der Waals surface area contributed by atoms with Gasteiger partial charge in [0.05, 0.1) is 6.61 Å². The number of methoxy groups -OCH3 is 1. The summed E-state index contributed by atoms with van der Waals surface area (Å²) in [6.07, 6.45) is 5.92. The molecule has 0 atom stereocenters. The summed E-state index contributed by atoms with van der Waals surface area (Å²) in [5.74, 6) is 3.06. The molecule has 0 heterocycles. The fraction of sp³-hybridized carbons (Fsp3) is 0.647. The maximum Gasteiger partial charge on any atom is 0.0713 e. The van der Waals surface area contributed by atoms with Crippen LogP contribution in [0.4, 0.5) is 0 Å². The maximum atomic E-state index is 5.13. The van der Waals surface area contributed by atoms with Gasteiger partial charge in [0, 0.05) is 13.7 Å². The van der Waals surface area contributed by atoms with Crippen molar-refractivity contribution in [2.45, 2.75) is 38.8 Å². The Morgan fingerprint density at radius 3 is 2.16 bits per heavy atom. The molecule has 0 aliphatic heterocycles. The molecule has 0 aromatic heterocycles. The van der Waals surface area contributed by atoms with Crippen LogP contribution in [0.3, 0.4) is 0 Å². The van der Waals surface area contributed by atoms with Crippen molar-refractivity contribution in [3.63, 3.8) is 0 Å². The number of hydrogen-bond donors (Lipinski definition) is 1. The number of rotatable bonds is 8. The highest BCUT2D eigenvalue weighted by atomic mass is 16.5. The summed E-state index contributed by atoms with van der Waals surface area (Å²) in [5, 5.41) is 3.66. The van der Waals surface area contributed by atoms with E-state index in [0.29, 0.717) is 6.61 Å². The Hall–Kier alpha value is -0.860. The number of nitrogens with one attached hydrogen (secondary N) is 1. The lowest BCUT2D eigenvalue weighted by Crippen LogP contribution is -2.25. The highest BCUT2D eigenvalue weighted by Crippen LogP contribution is 2.48. The summed E-state index contributed by atoms with van der Waals surface area (Å²) in [6.45, 7) is 2.93. The van der Waals surface area contributed by atoms with Crippen LogP contribution in [0.5, 0.6) is 0 Å². The van der Waals surface area contributed by atoms with Crippen molar-refractivity contribution in [3.8, 4) is 0 Å².